The van der Waals surface area contributed by atoms with E-state index in [9.17, 15) is 4.79 Å². The Bertz CT molecular complexity index is 866. The Balaban J connectivity index is 1.61. The summed E-state index contributed by atoms with van der Waals surface area (Å²) in [7, 11) is 5.84. The Hall–Kier alpha value is -2.11. The van der Waals surface area contributed by atoms with Gasteiger partial charge in [-0.15, -0.1) is 0 Å². The Morgan fingerprint density at radius 3 is 2.57 bits per heavy atom. The first kappa shape index (κ1) is 19.2. The number of carbonyl (C=O) groups is 1. The fraction of sp³-hybridized carbons (Fsp3) is 0.522. The number of anilines is 1. The molecule has 0 aliphatic carbocycles. The minimum Gasteiger partial charge on any atom is -0.383 e. The quantitative estimate of drug-likeness (QED) is 0.797. The lowest BCUT2D eigenvalue weighted by molar-refractivity contribution is -0.0678. The van der Waals surface area contributed by atoms with Crippen molar-refractivity contribution in [2.24, 2.45) is 0 Å². The molecule has 5 heteroatoms. The smallest absolute Gasteiger partial charge is 0.254 e. The third-order valence-electron chi connectivity index (χ3n) is 6.54. The van der Waals surface area contributed by atoms with Crippen LogP contribution in [-0.2, 0) is 4.74 Å². The number of amides is 1. The summed E-state index contributed by atoms with van der Waals surface area (Å²) < 4.78 is 5.28. The number of nitrogens with zero attached hydrogens (tertiary/aromatic N) is 3. The van der Waals surface area contributed by atoms with Crippen molar-refractivity contribution in [1.82, 2.24) is 9.80 Å². The van der Waals surface area contributed by atoms with Crippen molar-refractivity contribution >= 4 is 22.4 Å². The lowest BCUT2D eigenvalue weighted by atomic mass is 9.77. The number of hydrogen-bond acceptors (Lipinski definition) is 4. The minimum absolute atomic E-state index is 0.159. The van der Waals surface area contributed by atoms with E-state index in [0.717, 1.165) is 61.2 Å². The first-order valence-electron chi connectivity index (χ1n) is 10.3. The van der Waals surface area contributed by atoms with Crippen molar-refractivity contribution in [1.29, 1.82) is 0 Å². The van der Waals surface area contributed by atoms with Crippen LogP contribution in [0.4, 0.5) is 5.69 Å². The molecule has 0 aromatic heterocycles. The van der Waals surface area contributed by atoms with Crippen molar-refractivity contribution < 1.29 is 9.53 Å². The van der Waals surface area contributed by atoms with E-state index in [-0.39, 0.29) is 11.4 Å². The third-order valence-corrected chi connectivity index (χ3v) is 6.54. The SMILES string of the molecule is COCCN1CCC12CCCN(C(=O)c1ccc(N(C)C)c3ccccc13)C2. The number of hydrogen-bond donors (Lipinski definition) is 0. The van der Waals surface area contributed by atoms with Crippen LogP contribution < -0.4 is 4.90 Å². The van der Waals surface area contributed by atoms with Crippen molar-refractivity contribution in [2.75, 3.05) is 58.9 Å². The van der Waals surface area contributed by atoms with Crippen LogP contribution in [0, 0.1) is 0 Å². The number of benzene rings is 2. The molecule has 28 heavy (non-hydrogen) atoms. The van der Waals surface area contributed by atoms with Crippen LogP contribution >= 0.6 is 0 Å². The van der Waals surface area contributed by atoms with Gasteiger partial charge in [0.2, 0.25) is 0 Å². The van der Waals surface area contributed by atoms with Gasteiger partial charge in [0.1, 0.15) is 0 Å². The lowest BCUT2D eigenvalue weighted by Gasteiger charge is -2.57. The van der Waals surface area contributed by atoms with E-state index in [2.05, 4.69) is 32.9 Å². The van der Waals surface area contributed by atoms with Crippen molar-refractivity contribution in [3.05, 3.63) is 42.0 Å². The first-order chi connectivity index (χ1) is 13.6. The van der Waals surface area contributed by atoms with Crippen LogP contribution in [0.2, 0.25) is 0 Å². The Kier molecular flexibility index (Phi) is 5.30. The van der Waals surface area contributed by atoms with E-state index in [1.807, 2.05) is 32.3 Å². The summed E-state index contributed by atoms with van der Waals surface area (Å²) in [5.41, 5.74) is 2.12. The molecule has 5 nitrogen and oxygen atoms in total. The van der Waals surface area contributed by atoms with E-state index >= 15 is 0 Å². The molecule has 1 atom stereocenters. The number of likely N-dealkylation sites (tertiary alicyclic amines) is 2. The van der Waals surface area contributed by atoms with Crippen LogP contribution in [-0.4, -0.2) is 75.2 Å². The maximum atomic E-state index is 13.5. The van der Waals surface area contributed by atoms with Gasteiger partial charge in [0, 0.05) is 69.6 Å². The summed E-state index contributed by atoms with van der Waals surface area (Å²) in [6, 6.07) is 12.3. The highest BCUT2D eigenvalue weighted by Gasteiger charge is 2.47. The zero-order chi connectivity index (χ0) is 19.7. The van der Waals surface area contributed by atoms with Gasteiger partial charge in [-0.2, -0.15) is 0 Å². The molecule has 2 fully saturated rings. The standard InChI is InChI=1S/C23H31N3O2/c1-24(2)21-10-9-20(18-7-4-5-8-19(18)21)22(27)25-13-6-11-23(17-25)12-14-26(23)15-16-28-3/h4-5,7-10H,6,11-17H2,1-3H3. The van der Waals surface area contributed by atoms with Gasteiger partial charge < -0.3 is 14.5 Å². The molecule has 2 aromatic carbocycles. The predicted molar refractivity (Wildman–Crippen MR) is 114 cm³/mol. The highest BCUT2D eigenvalue weighted by atomic mass is 16.5. The highest BCUT2D eigenvalue weighted by Crippen LogP contribution is 2.39. The van der Waals surface area contributed by atoms with Gasteiger partial charge in [-0.3, -0.25) is 9.69 Å². The first-order valence-corrected chi connectivity index (χ1v) is 10.3. The molecule has 0 N–H and O–H groups in total. The third kappa shape index (κ3) is 3.27. The Labute approximate surface area is 167 Å². The van der Waals surface area contributed by atoms with Crippen LogP contribution in [0.25, 0.3) is 10.8 Å². The Morgan fingerprint density at radius 1 is 1.11 bits per heavy atom. The fourth-order valence-electron chi connectivity index (χ4n) is 4.91. The number of ether oxygens (including phenoxy) is 1. The number of methoxy groups -OCH3 is 1. The number of fused-ring (bicyclic) bond motifs is 1. The summed E-state index contributed by atoms with van der Waals surface area (Å²) in [5, 5.41) is 2.18. The van der Waals surface area contributed by atoms with Gasteiger partial charge in [0.15, 0.2) is 0 Å². The van der Waals surface area contributed by atoms with Crippen LogP contribution in [0.1, 0.15) is 29.6 Å². The normalized spacial score (nSPS) is 22.5. The van der Waals surface area contributed by atoms with Crippen molar-refractivity contribution in [2.45, 2.75) is 24.8 Å². The molecule has 2 heterocycles. The lowest BCUT2D eigenvalue weighted by Crippen LogP contribution is -2.67. The highest BCUT2D eigenvalue weighted by molar-refractivity contribution is 6.10. The molecule has 1 unspecified atom stereocenters. The number of rotatable bonds is 5. The molecule has 2 aliphatic rings. The second kappa shape index (κ2) is 7.72. The molecule has 0 radical (unpaired) electrons. The molecule has 2 aliphatic heterocycles. The Morgan fingerprint density at radius 2 is 1.89 bits per heavy atom. The largest absolute Gasteiger partial charge is 0.383 e. The van der Waals surface area contributed by atoms with Crippen LogP contribution in [0.15, 0.2) is 36.4 Å². The summed E-state index contributed by atoms with van der Waals surface area (Å²) >= 11 is 0. The fourth-order valence-corrected chi connectivity index (χ4v) is 4.91. The minimum atomic E-state index is 0.159. The molecule has 4 rings (SSSR count). The maximum absolute atomic E-state index is 13.5. The predicted octanol–water partition coefficient (Wildman–Crippen LogP) is 3.23. The number of carbonyl (C=O) groups excluding carboxylic acids is 1. The maximum Gasteiger partial charge on any atom is 0.254 e. The van der Waals surface area contributed by atoms with E-state index < -0.39 is 0 Å². The molecule has 1 amide bonds. The van der Waals surface area contributed by atoms with E-state index in [0.29, 0.717) is 0 Å². The molecule has 0 saturated carbocycles. The average molecular weight is 382 g/mol. The van der Waals surface area contributed by atoms with Gasteiger partial charge in [-0.1, -0.05) is 24.3 Å². The summed E-state index contributed by atoms with van der Waals surface area (Å²) in [4.78, 5) is 20.2. The van der Waals surface area contributed by atoms with Gasteiger partial charge in [0.25, 0.3) is 5.91 Å². The van der Waals surface area contributed by atoms with Gasteiger partial charge in [-0.05, 0) is 36.8 Å². The average Bonchev–Trinajstić information content (AvgIpc) is 2.72. The van der Waals surface area contributed by atoms with Gasteiger partial charge >= 0.3 is 0 Å². The van der Waals surface area contributed by atoms with E-state index in [1.54, 1.807) is 7.11 Å². The molecular formula is C23H31N3O2. The summed E-state index contributed by atoms with van der Waals surface area (Å²) in [6.07, 6.45) is 3.44. The van der Waals surface area contributed by atoms with E-state index in [4.69, 9.17) is 4.74 Å². The molecule has 1 spiro atoms. The second-order valence-corrected chi connectivity index (χ2v) is 8.36. The zero-order valence-electron chi connectivity index (χ0n) is 17.3. The second-order valence-electron chi connectivity index (χ2n) is 8.36. The molecular weight excluding hydrogens is 350 g/mol. The zero-order valence-corrected chi connectivity index (χ0v) is 17.3. The van der Waals surface area contributed by atoms with E-state index in [1.165, 1.54) is 12.8 Å². The van der Waals surface area contributed by atoms with Gasteiger partial charge in [-0.25, -0.2) is 0 Å². The monoisotopic (exact) mass is 381 g/mol. The van der Waals surface area contributed by atoms with Crippen molar-refractivity contribution in [3.63, 3.8) is 0 Å². The number of piperidine rings is 1. The summed E-state index contributed by atoms with van der Waals surface area (Å²) in [6.45, 7) is 4.51. The van der Waals surface area contributed by atoms with Gasteiger partial charge in [0.05, 0.1) is 6.61 Å². The molecule has 0 bridgehead atoms. The van der Waals surface area contributed by atoms with Crippen LogP contribution in [0.5, 0.6) is 0 Å². The molecule has 2 saturated heterocycles. The topological polar surface area (TPSA) is 36.0 Å². The molecule has 2 aromatic rings. The van der Waals surface area contributed by atoms with Crippen LogP contribution in [0.3, 0.4) is 0 Å². The molecule has 150 valence electrons. The summed E-state index contributed by atoms with van der Waals surface area (Å²) in [5.74, 6) is 0.166. The van der Waals surface area contributed by atoms with Crippen molar-refractivity contribution in [3.8, 4) is 0 Å².